The molecule has 0 saturated heterocycles. The molecular formula is C12H27N3O. The standard InChI is InChI=1S/C12H27N3O/c1-6-7-10(13)12(16)14-8-11(9(2)3)15(4)5/h9-11H,6-8,13H2,1-5H3,(H,14,16)/t10-,11?/m1/s1. The molecule has 0 aromatic carbocycles. The van der Waals surface area contributed by atoms with E-state index in [9.17, 15) is 4.79 Å². The van der Waals surface area contributed by atoms with Gasteiger partial charge in [-0.3, -0.25) is 4.79 Å². The van der Waals surface area contributed by atoms with Crippen LogP contribution >= 0.6 is 0 Å². The molecule has 1 unspecified atom stereocenters. The number of hydrogen-bond acceptors (Lipinski definition) is 3. The van der Waals surface area contributed by atoms with Crippen molar-refractivity contribution in [3.8, 4) is 0 Å². The van der Waals surface area contributed by atoms with Crippen molar-refractivity contribution in [1.29, 1.82) is 0 Å². The fraction of sp³-hybridized carbons (Fsp3) is 0.917. The third kappa shape index (κ3) is 5.47. The van der Waals surface area contributed by atoms with Crippen LogP contribution in [0.15, 0.2) is 0 Å². The minimum absolute atomic E-state index is 0.0330. The van der Waals surface area contributed by atoms with Crippen molar-refractivity contribution in [3.63, 3.8) is 0 Å². The maximum atomic E-state index is 11.6. The number of nitrogens with zero attached hydrogens (tertiary/aromatic N) is 1. The summed E-state index contributed by atoms with van der Waals surface area (Å²) in [5.41, 5.74) is 5.74. The highest BCUT2D eigenvalue weighted by molar-refractivity contribution is 5.81. The lowest BCUT2D eigenvalue weighted by atomic mass is 10.0. The van der Waals surface area contributed by atoms with Crippen LogP contribution in [-0.2, 0) is 4.79 Å². The van der Waals surface area contributed by atoms with Gasteiger partial charge in [0, 0.05) is 12.6 Å². The van der Waals surface area contributed by atoms with Gasteiger partial charge in [-0.2, -0.15) is 0 Å². The normalized spacial score (nSPS) is 15.2. The molecule has 3 N–H and O–H groups in total. The van der Waals surface area contributed by atoms with Crippen LogP contribution < -0.4 is 11.1 Å². The van der Waals surface area contributed by atoms with Gasteiger partial charge in [0.15, 0.2) is 0 Å². The number of carbonyl (C=O) groups excluding carboxylic acids is 1. The van der Waals surface area contributed by atoms with E-state index < -0.39 is 0 Å². The molecule has 4 nitrogen and oxygen atoms in total. The number of amides is 1. The monoisotopic (exact) mass is 229 g/mol. The van der Waals surface area contributed by atoms with Gasteiger partial charge < -0.3 is 16.0 Å². The lowest BCUT2D eigenvalue weighted by Crippen LogP contribution is -2.48. The van der Waals surface area contributed by atoms with Crippen molar-refractivity contribution in [2.24, 2.45) is 11.7 Å². The summed E-state index contributed by atoms with van der Waals surface area (Å²) in [6, 6.07) is -0.00208. The predicted octanol–water partition coefficient (Wildman–Crippen LogP) is 0.816. The van der Waals surface area contributed by atoms with Gasteiger partial charge in [-0.05, 0) is 26.4 Å². The molecule has 96 valence electrons. The summed E-state index contributed by atoms with van der Waals surface area (Å²) in [6.07, 6.45) is 1.69. The van der Waals surface area contributed by atoms with Gasteiger partial charge in [0.2, 0.25) is 5.91 Å². The highest BCUT2D eigenvalue weighted by Crippen LogP contribution is 2.06. The summed E-state index contributed by atoms with van der Waals surface area (Å²) in [5, 5.41) is 2.92. The lowest BCUT2D eigenvalue weighted by Gasteiger charge is -2.28. The largest absolute Gasteiger partial charge is 0.353 e. The molecule has 0 spiro atoms. The van der Waals surface area contributed by atoms with Gasteiger partial charge in [-0.15, -0.1) is 0 Å². The first-order valence-electron chi connectivity index (χ1n) is 6.09. The molecule has 0 bridgehead atoms. The molecule has 0 radical (unpaired) electrons. The van der Waals surface area contributed by atoms with Gasteiger partial charge in [0.05, 0.1) is 6.04 Å². The van der Waals surface area contributed by atoms with Crippen LogP contribution in [0.2, 0.25) is 0 Å². The average Bonchev–Trinajstić information content (AvgIpc) is 2.16. The predicted molar refractivity (Wildman–Crippen MR) is 68.2 cm³/mol. The number of rotatable bonds is 7. The molecular weight excluding hydrogens is 202 g/mol. The number of nitrogens with one attached hydrogen (secondary N) is 1. The molecule has 4 heteroatoms. The highest BCUT2D eigenvalue weighted by atomic mass is 16.2. The van der Waals surface area contributed by atoms with Gasteiger partial charge in [0.1, 0.15) is 0 Å². The first kappa shape index (κ1) is 15.4. The minimum atomic E-state index is -0.361. The quantitative estimate of drug-likeness (QED) is 0.679. The molecule has 0 fully saturated rings. The molecule has 0 saturated carbocycles. The number of carbonyl (C=O) groups is 1. The van der Waals surface area contributed by atoms with Gasteiger partial charge in [-0.1, -0.05) is 27.2 Å². The Labute approximate surface area is 99.6 Å². The Morgan fingerprint density at radius 2 is 1.94 bits per heavy atom. The average molecular weight is 229 g/mol. The van der Waals surface area contributed by atoms with Crippen molar-refractivity contribution in [3.05, 3.63) is 0 Å². The minimum Gasteiger partial charge on any atom is -0.353 e. The van der Waals surface area contributed by atoms with Crippen molar-refractivity contribution in [2.45, 2.75) is 45.7 Å². The third-order valence-electron chi connectivity index (χ3n) is 2.85. The van der Waals surface area contributed by atoms with Crippen LogP contribution in [0.3, 0.4) is 0 Å². The van der Waals surface area contributed by atoms with Crippen LogP contribution in [0.4, 0.5) is 0 Å². The van der Waals surface area contributed by atoms with E-state index in [2.05, 4.69) is 24.1 Å². The fourth-order valence-electron chi connectivity index (χ4n) is 1.79. The summed E-state index contributed by atoms with van der Waals surface area (Å²) in [7, 11) is 4.06. The van der Waals surface area contributed by atoms with Crippen LogP contribution in [0.25, 0.3) is 0 Å². The van der Waals surface area contributed by atoms with E-state index in [1.807, 2.05) is 21.0 Å². The Hall–Kier alpha value is -0.610. The molecule has 0 aromatic rings. The van der Waals surface area contributed by atoms with E-state index in [4.69, 9.17) is 5.73 Å². The molecule has 0 aliphatic carbocycles. The van der Waals surface area contributed by atoms with Gasteiger partial charge in [-0.25, -0.2) is 0 Å². The van der Waals surface area contributed by atoms with Crippen LogP contribution in [0, 0.1) is 5.92 Å². The summed E-state index contributed by atoms with van der Waals surface area (Å²) in [6.45, 7) is 7.01. The Kier molecular flexibility index (Phi) is 7.34. The molecule has 0 aliphatic rings. The Balaban J connectivity index is 4.06. The van der Waals surface area contributed by atoms with Crippen LogP contribution in [0.5, 0.6) is 0 Å². The molecule has 16 heavy (non-hydrogen) atoms. The zero-order chi connectivity index (χ0) is 12.7. The Bertz CT molecular complexity index is 196. The third-order valence-corrected chi connectivity index (χ3v) is 2.85. The summed E-state index contributed by atoms with van der Waals surface area (Å²) in [4.78, 5) is 13.8. The van der Waals surface area contributed by atoms with E-state index in [0.717, 1.165) is 12.8 Å². The van der Waals surface area contributed by atoms with E-state index in [1.165, 1.54) is 0 Å². The Morgan fingerprint density at radius 1 is 1.38 bits per heavy atom. The number of hydrogen-bond donors (Lipinski definition) is 2. The van der Waals surface area contributed by atoms with E-state index in [1.54, 1.807) is 0 Å². The zero-order valence-electron chi connectivity index (χ0n) is 11.3. The van der Waals surface area contributed by atoms with Gasteiger partial charge in [0.25, 0.3) is 0 Å². The second-order valence-electron chi connectivity index (χ2n) is 4.92. The molecule has 0 rings (SSSR count). The van der Waals surface area contributed by atoms with Crippen molar-refractivity contribution < 1.29 is 4.79 Å². The Morgan fingerprint density at radius 3 is 2.31 bits per heavy atom. The number of likely N-dealkylation sites (N-methyl/N-ethyl adjacent to an activating group) is 1. The zero-order valence-corrected chi connectivity index (χ0v) is 11.3. The molecule has 2 atom stereocenters. The van der Waals surface area contributed by atoms with Crippen LogP contribution in [-0.4, -0.2) is 43.5 Å². The summed E-state index contributed by atoms with van der Waals surface area (Å²) in [5.74, 6) is 0.479. The molecule has 0 aliphatic heterocycles. The molecule has 0 aromatic heterocycles. The van der Waals surface area contributed by atoms with Crippen molar-refractivity contribution >= 4 is 5.91 Å². The molecule has 0 heterocycles. The SMILES string of the molecule is CCC[C@@H](N)C(=O)NCC(C(C)C)N(C)C. The second kappa shape index (κ2) is 7.63. The van der Waals surface area contributed by atoms with Crippen molar-refractivity contribution in [1.82, 2.24) is 10.2 Å². The van der Waals surface area contributed by atoms with Crippen molar-refractivity contribution in [2.75, 3.05) is 20.6 Å². The molecule has 1 amide bonds. The fourth-order valence-corrected chi connectivity index (χ4v) is 1.79. The second-order valence-corrected chi connectivity index (χ2v) is 4.92. The maximum absolute atomic E-state index is 11.6. The summed E-state index contributed by atoms with van der Waals surface area (Å²) >= 11 is 0. The highest BCUT2D eigenvalue weighted by Gasteiger charge is 2.18. The lowest BCUT2D eigenvalue weighted by molar-refractivity contribution is -0.122. The van der Waals surface area contributed by atoms with Crippen LogP contribution in [0.1, 0.15) is 33.6 Å². The van der Waals surface area contributed by atoms with E-state index in [0.29, 0.717) is 18.5 Å². The first-order chi connectivity index (χ1) is 7.40. The smallest absolute Gasteiger partial charge is 0.236 e. The first-order valence-corrected chi connectivity index (χ1v) is 6.09. The summed E-state index contributed by atoms with van der Waals surface area (Å²) < 4.78 is 0. The van der Waals surface area contributed by atoms with E-state index >= 15 is 0 Å². The number of nitrogens with two attached hydrogens (primary N) is 1. The van der Waals surface area contributed by atoms with E-state index in [-0.39, 0.29) is 11.9 Å². The maximum Gasteiger partial charge on any atom is 0.236 e. The topological polar surface area (TPSA) is 58.4 Å². The van der Waals surface area contributed by atoms with Gasteiger partial charge >= 0.3 is 0 Å².